The fraction of sp³-hybridized carbons (Fsp3) is 0.268. The summed E-state index contributed by atoms with van der Waals surface area (Å²) in [5, 5.41) is 1.42. The Kier molecular flexibility index (Phi) is 7.93. The second-order valence-corrected chi connectivity index (χ2v) is 12.3. The maximum Gasteiger partial charge on any atom is 0.203 e. The number of ether oxygens (including phenoxy) is 6. The third-order valence-electron chi connectivity index (χ3n) is 10.3. The van der Waals surface area contributed by atoms with Crippen LogP contribution in [-0.4, -0.2) is 35.5 Å². The summed E-state index contributed by atoms with van der Waals surface area (Å²) in [5.74, 6) is 2.24. The Bertz CT molecular complexity index is 2100. The van der Waals surface area contributed by atoms with E-state index in [1.165, 1.54) is 18.2 Å². The zero-order chi connectivity index (χ0) is 34.7. The number of hydrogen-bond donors (Lipinski definition) is 0. The molecule has 5 aromatic rings. The van der Waals surface area contributed by atoms with Crippen LogP contribution in [0.2, 0.25) is 0 Å². The first kappa shape index (κ1) is 32.3. The van der Waals surface area contributed by atoms with E-state index < -0.39 is 16.8 Å². The molecule has 0 fully saturated rings. The molecule has 0 saturated carbocycles. The summed E-state index contributed by atoms with van der Waals surface area (Å²) in [6.45, 7) is 4.26. The van der Waals surface area contributed by atoms with E-state index in [1.807, 2.05) is 36.4 Å². The molecule has 1 atom stereocenters. The summed E-state index contributed by atoms with van der Waals surface area (Å²) in [5.41, 5.74) is 4.26. The Hall–Kier alpha value is -5.24. The predicted octanol–water partition coefficient (Wildman–Crippen LogP) is 9.60. The summed E-state index contributed by atoms with van der Waals surface area (Å²) in [6.07, 6.45) is 5.50. The Balaban J connectivity index is 1.61. The molecule has 0 aromatic heterocycles. The molecule has 7 rings (SSSR count). The van der Waals surface area contributed by atoms with Crippen molar-refractivity contribution in [2.45, 2.75) is 37.7 Å². The molecular formula is C41H38F2O6. The van der Waals surface area contributed by atoms with E-state index in [1.54, 1.807) is 53.7 Å². The Morgan fingerprint density at radius 2 is 1.27 bits per heavy atom. The van der Waals surface area contributed by atoms with Crippen LogP contribution in [0.4, 0.5) is 8.78 Å². The minimum Gasteiger partial charge on any atom is -0.497 e. The van der Waals surface area contributed by atoms with Crippen molar-refractivity contribution in [2.75, 3.05) is 35.5 Å². The zero-order valence-electron chi connectivity index (χ0n) is 28.6. The zero-order valence-corrected chi connectivity index (χ0v) is 28.6. The summed E-state index contributed by atoms with van der Waals surface area (Å²) < 4.78 is 66.3. The molecule has 0 N–H and O–H groups in total. The van der Waals surface area contributed by atoms with Gasteiger partial charge in [0, 0.05) is 33.6 Å². The van der Waals surface area contributed by atoms with Crippen molar-refractivity contribution in [3.8, 4) is 45.6 Å². The standard InChI is InChI=1S/C41H38F2O6/c1-8-40(9-2)33-21-26(43)11-13-30(33)36-29-12-10-25(42)20-32(29)38-31(37(36)40)14-15-41(49-38,23-16-27(44-3)22-28(17-23)45-4)24-18-34(46-5)39(48-7)35(19-24)47-6/h10-22H,8-9H2,1-7H3. The Morgan fingerprint density at radius 3 is 1.86 bits per heavy atom. The van der Waals surface area contributed by atoms with Crippen molar-refractivity contribution in [1.29, 1.82) is 0 Å². The lowest BCUT2D eigenvalue weighted by Crippen LogP contribution is -2.35. The molecule has 49 heavy (non-hydrogen) atoms. The minimum atomic E-state index is -1.31. The maximum atomic E-state index is 15.3. The molecule has 252 valence electrons. The van der Waals surface area contributed by atoms with Gasteiger partial charge < -0.3 is 28.4 Å². The van der Waals surface area contributed by atoms with E-state index in [0.29, 0.717) is 51.0 Å². The number of halogens is 2. The van der Waals surface area contributed by atoms with Crippen LogP contribution >= 0.6 is 0 Å². The van der Waals surface area contributed by atoms with Crippen LogP contribution in [0.3, 0.4) is 0 Å². The molecule has 2 aliphatic rings. The van der Waals surface area contributed by atoms with Crippen molar-refractivity contribution in [3.05, 3.63) is 112 Å². The van der Waals surface area contributed by atoms with Gasteiger partial charge in [0.25, 0.3) is 0 Å². The summed E-state index contributed by atoms with van der Waals surface area (Å²) in [4.78, 5) is 0. The quantitative estimate of drug-likeness (QED) is 0.156. The van der Waals surface area contributed by atoms with E-state index in [2.05, 4.69) is 19.9 Å². The van der Waals surface area contributed by atoms with Crippen molar-refractivity contribution in [2.24, 2.45) is 0 Å². The second-order valence-electron chi connectivity index (χ2n) is 12.3. The Labute approximate surface area is 284 Å². The molecule has 1 heterocycles. The van der Waals surface area contributed by atoms with Crippen molar-refractivity contribution in [3.63, 3.8) is 0 Å². The van der Waals surface area contributed by atoms with Crippen molar-refractivity contribution < 1.29 is 37.2 Å². The molecule has 1 aliphatic carbocycles. The van der Waals surface area contributed by atoms with Crippen molar-refractivity contribution >= 4 is 16.8 Å². The van der Waals surface area contributed by atoms with Gasteiger partial charge in [-0.1, -0.05) is 32.1 Å². The highest BCUT2D eigenvalue weighted by molar-refractivity contribution is 6.08. The lowest BCUT2D eigenvalue weighted by atomic mass is 9.71. The van der Waals surface area contributed by atoms with Crippen molar-refractivity contribution in [1.82, 2.24) is 0 Å². The molecule has 1 unspecified atom stereocenters. The van der Waals surface area contributed by atoms with Gasteiger partial charge in [-0.2, -0.15) is 0 Å². The van der Waals surface area contributed by atoms with Crippen LogP contribution in [0.1, 0.15) is 54.5 Å². The summed E-state index contributed by atoms with van der Waals surface area (Å²) in [7, 11) is 7.85. The van der Waals surface area contributed by atoms with Gasteiger partial charge in [-0.3, -0.25) is 0 Å². The van der Waals surface area contributed by atoms with Gasteiger partial charge >= 0.3 is 0 Å². The third-order valence-corrected chi connectivity index (χ3v) is 10.3. The number of fused-ring (bicyclic) bond motifs is 8. The van der Waals surface area contributed by atoms with E-state index in [0.717, 1.165) is 46.0 Å². The molecule has 0 spiro atoms. The normalized spacial score (nSPS) is 16.8. The molecule has 0 bridgehead atoms. The van der Waals surface area contributed by atoms with E-state index in [-0.39, 0.29) is 5.82 Å². The number of methoxy groups -OCH3 is 5. The van der Waals surface area contributed by atoms with Gasteiger partial charge in [0.1, 0.15) is 28.9 Å². The molecular weight excluding hydrogens is 626 g/mol. The first-order valence-electron chi connectivity index (χ1n) is 16.2. The van der Waals surface area contributed by atoms with Crippen LogP contribution in [0.15, 0.2) is 72.8 Å². The first-order valence-corrected chi connectivity index (χ1v) is 16.2. The van der Waals surface area contributed by atoms with E-state index in [9.17, 15) is 4.39 Å². The van der Waals surface area contributed by atoms with Crippen LogP contribution in [-0.2, 0) is 11.0 Å². The summed E-state index contributed by atoms with van der Waals surface area (Å²) >= 11 is 0. The number of rotatable bonds is 9. The van der Waals surface area contributed by atoms with Gasteiger partial charge in [0.15, 0.2) is 17.1 Å². The lowest BCUT2D eigenvalue weighted by Gasteiger charge is -2.39. The Morgan fingerprint density at radius 1 is 0.653 bits per heavy atom. The molecule has 0 amide bonds. The third kappa shape index (κ3) is 4.64. The molecule has 8 heteroatoms. The molecule has 0 saturated heterocycles. The lowest BCUT2D eigenvalue weighted by molar-refractivity contribution is 0.161. The molecule has 5 aromatic carbocycles. The highest BCUT2D eigenvalue weighted by Gasteiger charge is 2.47. The fourth-order valence-corrected chi connectivity index (χ4v) is 7.94. The van der Waals surface area contributed by atoms with Gasteiger partial charge in [-0.15, -0.1) is 0 Å². The van der Waals surface area contributed by atoms with Gasteiger partial charge in [0.2, 0.25) is 5.75 Å². The molecule has 6 nitrogen and oxygen atoms in total. The number of benzene rings is 5. The van der Waals surface area contributed by atoms with Gasteiger partial charge in [-0.05, 0) is 95.1 Å². The fourth-order valence-electron chi connectivity index (χ4n) is 7.94. The van der Waals surface area contributed by atoms with Crippen LogP contribution in [0.5, 0.6) is 34.5 Å². The highest BCUT2D eigenvalue weighted by Crippen LogP contribution is 2.61. The topological polar surface area (TPSA) is 55.4 Å². The van der Waals surface area contributed by atoms with Gasteiger partial charge in [0.05, 0.1) is 35.5 Å². The van der Waals surface area contributed by atoms with Gasteiger partial charge in [-0.25, -0.2) is 8.78 Å². The smallest absolute Gasteiger partial charge is 0.203 e. The monoisotopic (exact) mass is 664 g/mol. The van der Waals surface area contributed by atoms with E-state index in [4.69, 9.17) is 28.4 Å². The second kappa shape index (κ2) is 12.0. The average molecular weight is 665 g/mol. The SMILES string of the molecule is CCC1(CC)c2cc(F)ccc2-c2c1c1c(c3cc(F)ccc23)OC(c2cc(OC)cc(OC)c2)(c2cc(OC)c(OC)c(OC)c2)C=C1. The van der Waals surface area contributed by atoms with E-state index >= 15 is 4.39 Å². The number of hydrogen-bond acceptors (Lipinski definition) is 6. The largest absolute Gasteiger partial charge is 0.497 e. The molecule has 0 radical (unpaired) electrons. The summed E-state index contributed by atoms with van der Waals surface area (Å²) in [6, 6.07) is 19.0. The highest BCUT2D eigenvalue weighted by atomic mass is 19.1. The molecule has 1 aliphatic heterocycles. The minimum absolute atomic E-state index is 0.290. The van der Waals surface area contributed by atoms with Crippen LogP contribution < -0.4 is 28.4 Å². The average Bonchev–Trinajstić information content (AvgIpc) is 3.43. The maximum absolute atomic E-state index is 15.3. The van der Waals surface area contributed by atoms with Crippen LogP contribution in [0.25, 0.3) is 28.0 Å². The first-order chi connectivity index (χ1) is 23.7. The predicted molar refractivity (Wildman–Crippen MR) is 187 cm³/mol. The van der Waals surface area contributed by atoms with Crippen LogP contribution in [0, 0.1) is 11.6 Å².